The number of nitrogen functional groups attached to an aromatic ring is 1. The van der Waals surface area contributed by atoms with Gasteiger partial charge in [-0.1, -0.05) is 6.92 Å². The van der Waals surface area contributed by atoms with Crippen molar-refractivity contribution in [1.29, 1.82) is 0 Å². The van der Waals surface area contributed by atoms with E-state index in [1.165, 1.54) is 12.8 Å². The molecule has 1 aliphatic heterocycles. The van der Waals surface area contributed by atoms with Gasteiger partial charge in [-0.25, -0.2) is 4.98 Å². The maximum Gasteiger partial charge on any atom is 0.149 e. The molecule has 1 aliphatic rings. The molecule has 76 valence electrons. The lowest BCUT2D eigenvalue weighted by Crippen LogP contribution is -2.34. The minimum atomic E-state index is 0.501. The lowest BCUT2D eigenvalue weighted by Gasteiger charge is -2.31. The van der Waals surface area contributed by atoms with Crippen LogP contribution in [0.15, 0.2) is 12.4 Å². The summed E-state index contributed by atoms with van der Waals surface area (Å²) in [6.45, 7) is 4.41. The second-order valence-electron chi connectivity index (χ2n) is 4.00. The van der Waals surface area contributed by atoms with Gasteiger partial charge in [0.15, 0.2) is 0 Å². The van der Waals surface area contributed by atoms with Crippen LogP contribution in [-0.2, 0) is 0 Å². The molecule has 0 bridgehead atoms. The quantitative estimate of drug-likeness (QED) is 0.728. The molecule has 0 radical (unpaired) electrons. The minimum Gasteiger partial charge on any atom is -0.382 e. The van der Waals surface area contributed by atoms with Crippen molar-refractivity contribution in [2.75, 3.05) is 23.7 Å². The Morgan fingerprint density at radius 1 is 1.50 bits per heavy atom. The predicted molar refractivity (Wildman–Crippen MR) is 57.1 cm³/mol. The molecule has 0 amide bonds. The Morgan fingerprint density at radius 3 is 3.07 bits per heavy atom. The zero-order valence-electron chi connectivity index (χ0n) is 8.48. The van der Waals surface area contributed by atoms with Crippen LogP contribution < -0.4 is 10.6 Å². The molecule has 0 saturated carbocycles. The lowest BCUT2D eigenvalue weighted by atomic mass is 10.0. The number of nitrogens with zero attached hydrogens (tertiary/aromatic N) is 3. The fourth-order valence-electron chi connectivity index (χ4n) is 1.92. The average Bonchev–Trinajstić information content (AvgIpc) is 2.18. The van der Waals surface area contributed by atoms with Crippen LogP contribution in [0.25, 0.3) is 0 Å². The number of hydrogen-bond acceptors (Lipinski definition) is 4. The summed E-state index contributed by atoms with van der Waals surface area (Å²) < 4.78 is 0. The fourth-order valence-corrected chi connectivity index (χ4v) is 1.92. The van der Waals surface area contributed by atoms with Crippen molar-refractivity contribution in [2.24, 2.45) is 5.92 Å². The molecule has 0 spiro atoms. The van der Waals surface area contributed by atoms with Crippen LogP contribution in [0, 0.1) is 5.92 Å². The Kier molecular flexibility index (Phi) is 2.52. The van der Waals surface area contributed by atoms with E-state index in [0.29, 0.717) is 5.82 Å². The van der Waals surface area contributed by atoms with Gasteiger partial charge in [0.2, 0.25) is 0 Å². The Bertz CT molecular complexity index is 313. The molecule has 2 heterocycles. The first-order valence-electron chi connectivity index (χ1n) is 5.08. The first-order chi connectivity index (χ1) is 6.75. The van der Waals surface area contributed by atoms with Crippen molar-refractivity contribution in [1.82, 2.24) is 9.97 Å². The normalized spacial score (nSPS) is 22.4. The molecule has 4 nitrogen and oxygen atoms in total. The molecular formula is C10H16N4. The summed E-state index contributed by atoms with van der Waals surface area (Å²) in [5, 5.41) is 0. The fraction of sp³-hybridized carbons (Fsp3) is 0.600. The lowest BCUT2D eigenvalue weighted by molar-refractivity contribution is 0.444. The van der Waals surface area contributed by atoms with E-state index >= 15 is 0 Å². The van der Waals surface area contributed by atoms with Gasteiger partial charge in [-0.3, -0.25) is 4.98 Å². The molecule has 1 aromatic heterocycles. The van der Waals surface area contributed by atoms with Crippen LogP contribution in [-0.4, -0.2) is 23.1 Å². The third-order valence-corrected chi connectivity index (χ3v) is 2.62. The van der Waals surface area contributed by atoms with Crippen LogP contribution >= 0.6 is 0 Å². The second kappa shape index (κ2) is 3.82. The molecule has 14 heavy (non-hydrogen) atoms. The summed E-state index contributed by atoms with van der Waals surface area (Å²) in [5.41, 5.74) is 5.60. The van der Waals surface area contributed by atoms with E-state index in [1.54, 1.807) is 12.4 Å². The number of piperidine rings is 1. The molecular weight excluding hydrogens is 176 g/mol. The second-order valence-corrected chi connectivity index (χ2v) is 4.00. The third kappa shape index (κ3) is 1.95. The van der Waals surface area contributed by atoms with Crippen LogP contribution in [0.4, 0.5) is 11.6 Å². The van der Waals surface area contributed by atoms with Crippen molar-refractivity contribution in [2.45, 2.75) is 19.8 Å². The number of nitrogens with two attached hydrogens (primary N) is 1. The van der Waals surface area contributed by atoms with Crippen LogP contribution in [0.5, 0.6) is 0 Å². The summed E-state index contributed by atoms with van der Waals surface area (Å²) in [5.74, 6) is 2.16. The van der Waals surface area contributed by atoms with Gasteiger partial charge in [-0.2, -0.15) is 0 Å². The largest absolute Gasteiger partial charge is 0.382 e. The molecule has 4 heteroatoms. The maximum atomic E-state index is 5.60. The van der Waals surface area contributed by atoms with E-state index in [2.05, 4.69) is 21.8 Å². The molecule has 1 fully saturated rings. The van der Waals surface area contributed by atoms with Crippen molar-refractivity contribution < 1.29 is 0 Å². The van der Waals surface area contributed by atoms with Crippen molar-refractivity contribution in [3.63, 3.8) is 0 Å². The topological polar surface area (TPSA) is 55.0 Å². The Balaban J connectivity index is 2.14. The first kappa shape index (κ1) is 9.24. The molecule has 2 N–H and O–H groups in total. The van der Waals surface area contributed by atoms with Crippen molar-refractivity contribution in [3.8, 4) is 0 Å². The van der Waals surface area contributed by atoms with E-state index in [-0.39, 0.29) is 0 Å². The van der Waals surface area contributed by atoms with Gasteiger partial charge in [0.05, 0.1) is 12.4 Å². The maximum absolute atomic E-state index is 5.60. The van der Waals surface area contributed by atoms with Gasteiger partial charge in [-0.05, 0) is 18.8 Å². The highest BCUT2D eigenvalue weighted by Gasteiger charge is 2.17. The number of anilines is 2. The van der Waals surface area contributed by atoms with Gasteiger partial charge in [0, 0.05) is 13.1 Å². The zero-order chi connectivity index (χ0) is 9.97. The van der Waals surface area contributed by atoms with Crippen molar-refractivity contribution in [3.05, 3.63) is 12.4 Å². The molecule has 1 atom stereocenters. The van der Waals surface area contributed by atoms with E-state index in [1.807, 2.05) is 0 Å². The molecule has 1 aromatic rings. The van der Waals surface area contributed by atoms with E-state index in [0.717, 1.165) is 24.8 Å². The molecule has 0 unspecified atom stereocenters. The van der Waals surface area contributed by atoms with Crippen LogP contribution in [0.2, 0.25) is 0 Å². The van der Waals surface area contributed by atoms with Crippen molar-refractivity contribution >= 4 is 11.6 Å². The zero-order valence-corrected chi connectivity index (χ0v) is 8.48. The Hall–Kier alpha value is -1.32. The molecule has 0 aliphatic carbocycles. The summed E-state index contributed by atoms with van der Waals surface area (Å²) in [7, 11) is 0. The van der Waals surface area contributed by atoms with Gasteiger partial charge in [-0.15, -0.1) is 0 Å². The first-order valence-corrected chi connectivity index (χ1v) is 5.08. The van der Waals surface area contributed by atoms with E-state index in [9.17, 15) is 0 Å². The summed E-state index contributed by atoms with van der Waals surface area (Å²) in [6, 6.07) is 0. The van der Waals surface area contributed by atoms with Crippen LogP contribution in [0.1, 0.15) is 19.8 Å². The third-order valence-electron chi connectivity index (χ3n) is 2.62. The molecule has 1 saturated heterocycles. The van der Waals surface area contributed by atoms with Gasteiger partial charge in [0.1, 0.15) is 11.6 Å². The van der Waals surface area contributed by atoms with Gasteiger partial charge in [0.25, 0.3) is 0 Å². The number of aromatic nitrogens is 2. The number of rotatable bonds is 1. The minimum absolute atomic E-state index is 0.501. The van der Waals surface area contributed by atoms with Gasteiger partial charge >= 0.3 is 0 Å². The van der Waals surface area contributed by atoms with E-state index in [4.69, 9.17) is 5.73 Å². The summed E-state index contributed by atoms with van der Waals surface area (Å²) in [6.07, 6.45) is 5.91. The highest BCUT2D eigenvalue weighted by Crippen LogP contribution is 2.20. The van der Waals surface area contributed by atoms with Crippen LogP contribution in [0.3, 0.4) is 0 Å². The average molecular weight is 192 g/mol. The highest BCUT2D eigenvalue weighted by molar-refractivity contribution is 5.41. The molecule has 0 aromatic carbocycles. The van der Waals surface area contributed by atoms with E-state index < -0.39 is 0 Å². The Morgan fingerprint density at radius 2 is 2.36 bits per heavy atom. The number of hydrogen-bond donors (Lipinski definition) is 1. The van der Waals surface area contributed by atoms with Gasteiger partial charge < -0.3 is 10.6 Å². The smallest absolute Gasteiger partial charge is 0.149 e. The highest BCUT2D eigenvalue weighted by atomic mass is 15.2. The molecule has 2 rings (SSSR count). The summed E-state index contributed by atoms with van der Waals surface area (Å²) >= 11 is 0. The predicted octanol–water partition coefficient (Wildman–Crippen LogP) is 1.30. The monoisotopic (exact) mass is 192 g/mol. The summed E-state index contributed by atoms with van der Waals surface area (Å²) in [4.78, 5) is 10.6. The SMILES string of the molecule is C[C@H]1CCCN(c2cncc(N)n2)C1. The Labute approximate surface area is 84.2 Å². The standard InChI is InChI=1S/C10H16N4/c1-8-3-2-4-14(7-8)10-6-12-5-9(11)13-10/h5-6,8H,2-4,7H2,1H3,(H2,11,13)/t8-/m0/s1.